The van der Waals surface area contributed by atoms with Crippen molar-refractivity contribution in [3.63, 3.8) is 0 Å². The van der Waals surface area contributed by atoms with Gasteiger partial charge in [-0.15, -0.1) is 0 Å². The van der Waals surface area contributed by atoms with Crippen LogP contribution >= 0.6 is 15.9 Å². The van der Waals surface area contributed by atoms with E-state index in [2.05, 4.69) is 15.9 Å². The summed E-state index contributed by atoms with van der Waals surface area (Å²) in [5, 5.41) is 0. The second-order valence-electron chi connectivity index (χ2n) is 3.08. The molecule has 0 unspecified atom stereocenters. The Morgan fingerprint density at radius 2 is 2.25 bits per heavy atom. The third-order valence-corrected chi connectivity index (χ3v) is 2.33. The summed E-state index contributed by atoms with van der Waals surface area (Å²) in [6.45, 7) is 2.11. The first-order valence-corrected chi connectivity index (χ1v) is 5.66. The molecule has 0 bridgehead atoms. The first-order chi connectivity index (χ1) is 7.63. The smallest absolute Gasteiger partial charge is 0.344 e. The Balaban J connectivity index is 2.45. The number of rotatable bonds is 5. The lowest BCUT2D eigenvalue weighted by Gasteiger charge is -2.07. The van der Waals surface area contributed by atoms with Crippen molar-refractivity contribution in [1.29, 1.82) is 0 Å². The van der Waals surface area contributed by atoms with E-state index < -0.39 is 5.97 Å². The summed E-state index contributed by atoms with van der Waals surface area (Å²) in [5.74, 6) is -0.388. The number of carbonyl (C=O) groups excluding carboxylic acids is 1. The predicted octanol–water partition coefficient (Wildman–Crippen LogP) is 2.92. The molecule has 0 fully saturated rings. The number of ether oxygens (including phenoxy) is 2. The molecule has 0 aliphatic carbocycles. The number of hydrogen-bond donors (Lipinski definition) is 0. The Labute approximate surface area is 102 Å². The molecule has 0 N–H and O–H groups in total. The van der Waals surface area contributed by atoms with Gasteiger partial charge in [0.05, 0.1) is 11.1 Å². The lowest BCUT2D eigenvalue weighted by atomic mass is 10.3. The van der Waals surface area contributed by atoms with Crippen LogP contribution in [0, 0.1) is 5.82 Å². The molecule has 0 aliphatic rings. The number of carbonyl (C=O) groups is 1. The molecule has 0 aliphatic heterocycles. The Kier molecular flexibility index (Phi) is 5.25. The zero-order valence-corrected chi connectivity index (χ0v) is 10.4. The van der Waals surface area contributed by atoms with Crippen LogP contribution in [0.1, 0.15) is 13.3 Å². The summed E-state index contributed by atoms with van der Waals surface area (Å²) in [7, 11) is 0. The summed E-state index contributed by atoms with van der Waals surface area (Å²) < 4.78 is 23.2. The highest BCUT2D eigenvalue weighted by atomic mass is 79.9. The molecule has 0 saturated heterocycles. The van der Waals surface area contributed by atoms with Crippen molar-refractivity contribution in [3.05, 3.63) is 28.5 Å². The van der Waals surface area contributed by atoms with Gasteiger partial charge in [-0.1, -0.05) is 6.92 Å². The maximum absolute atomic E-state index is 12.7. The van der Waals surface area contributed by atoms with Crippen molar-refractivity contribution in [2.45, 2.75) is 13.3 Å². The molecular formula is C11H12BrFO3. The van der Waals surface area contributed by atoms with Gasteiger partial charge < -0.3 is 9.47 Å². The van der Waals surface area contributed by atoms with Gasteiger partial charge in [0, 0.05) is 0 Å². The van der Waals surface area contributed by atoms with Crippen LogP contribution in [0.3, 0.4) is 0 Å². The molecule has 1 rings (SSSR count). The molecule has 0 radical (unpaired) electrons. The van der Waals surface area contributed by atoms with Crippen LogP contribution in [0.25, 0.3) is 0 Å². The van der Waals surface area contributed by atoms with E-state index >= 15 is 0 Å². The molecule has 0 saturated carbocycles. The Morgan fingerprint density at radius 1 is 1.50 bits per heavy atom. The maximum atomic E-state index is 12.7. The average molecular weight is 291 g/mol. The largest absolute Gasteiger partial charge is 0.481 e. The molecule has 0 spiro atoms. The van der Waals surface area contributed by atoms with Crippen LogP contribution in [0.5, 0.6) is 5.75 Å². The molecule has 0 aromatic heterocycles. The van der Waals surface area contributed by atoms with E-state index in [0.29, 0.717) is 16.8 Å². The summed E-state index contributed by atoms with van der Waals surface area (Å²) in [6.07, 6.45) is 0.770. The van der Waals surface area contributed by atoms with Crippen LogP contribution in [0.4, 0.5) is 4.39 Å². The molecule has 0 amide bonds. The van der Waals surface area contributed by atoms with Crippen molar-refractivity contribution >= 4 is 21.9 Å². The summed E-state index contributed by atoms with van der Waals surface area (Å²) in [5.41, 5.74) is 0. The average Bonchev–Trinajstić information content (AvgIpc) is 2.25. The predicted molar refractivity (Wildman–Crippen MR) is 60.8 cm³/mol. The van der Waals surface area contributed by atoms with Gasteiger partial charge >= 0.3 is 5.97 Å². The fraction of sp³-hybridized carbons (Fsp3) is 0.364. The third-order valence-electron chi connectivity index (χ3n) is 1.71. The number of esters is 1. The van der Waals surface area contributed by atoms with E-state index in [1.165, 1.54) is 18.2 Å². The van der Waals surface area contributed by atoms with Crippen molar-refractivity contribution in [2.24, 2.45) is 0 Å². The number of hydrogen-bond acceptors (Lipinski definition) is 3. The molecule has 0 heterocycles. The van der Waals surface area contributed by atoms with Crippen LogP contribution < -0.4 is 4.74 Å². The SMILES string of the molecule is CCCOC(=O)COc1ccc(F)cc1Br. The number of halogens is 2. The number of benzene rings is 1. The zero-order chi connectivity index (χ0) is 12.0. The van der Waals surface area contributed by atoms with E-state index in [4.69, 9.17) is 9.47 Å². The van der Waals surface area contributed by atoms with Gasteiger partial charge in [-0.05, 0) is 40.5 Å². The second-order valence-corrected chi connectivity index (χ2v) is 3.94. The van der Waals surface area contributed by atoms with Crippen molar-refractivity contribution in [1.82, 2.24) is 0 Å². The maximum Gasteiger partial charge on any atom is 0.344 e. The van der Waals surface area contributed by atoms with Gasteiger partial charge in [0.2, 0.25) is 0 Å². The Hall–Kier alpha value is -1.10. The highest BCUT2D eigenvalue weighted by Gasteiger charge is 2.06. The summed E-state index contributed by atoms with van der Waals surface area (Å²) in [4.78, 5) is 11.1. The first-order valence-electron chi connectivity index (χ1n) is 4.87. The molecule has 88 valence electrons. The minimum Gasteiger partial charge on any atom is -0.481 e. The lowest BCUT2D eigenvalue weighted by Crippen LogP contribution is -2.15. The minimum absolute atomic E-state index is 0.176. The Bertz CT molecular complexity index is 368. The zero-order valence-electron chi connectivity index (χ0n) is 8.83. The summed E-state index contributed by atoms with van der Waals surface area (Å²) in [6, 6.07) is 3.98. The van der Waals surface area contributed by atoms with Crippen LogP contribution in [-0.4, -0.2) is 19.2 Å². The molecule has 1 aromatic rings. The van der Waals surface area contributed by atoms with Gasteiger partial charge in [0.15, 0.2) is 6.61 Å². The molecular weight excluding hydrogens is 279 g/mol. The van der Waals surface area contributed by atoms with Crippen LogP contribution in [0.2, 0.25) is 0 Å². The fourth-order valence-corrected chi connectivity index (χ4v) is 1.45. The third kappa shape index (κ3) is 4.18. The van der Waals surface area contributed by atoms with Gasteiger partial charge in [-0.3, -0.25) is 0 Å². The highest BCUT2D eigenvalue weighted by molar-refractivity contribution is 9.10. The quantitative estimate of drug-likeness (QED) is 0.782. The lowest BCUT2D eigenvalue weighted by molar-refractivity contribution is -0.146. The fourth-order valence-electron chi connectivity index (χ4n) is 0.987. The van der Waals surface area contributed by atoms with E-state index in [0.717, 1.165) is 6.42 Å². The molecule has 0 atom stereocenters. The highest BCUT2D eigenvalue weighted by Crippen LogP contribution is 2.25. The van der Waals surface area contributed by atoms with E-state index in [1.807, 2.05) is 6.92 Å². The minimum atomic E-state index is -0.432. The Morgan fingerprint density at radius 3 is 2.88 bits per heavy atom. The van der Waals surface area contributed by atoms with Gasteiger partial charge in [0.25, 0.3) is 0 Å². The topological polar surface area (TPSA) is 35.5 Å². The summed E-state index contributed by atoms with van der Waals surface area (Å²) >= 11 is 3.13. The van der Waals surface area contributed by atoms with Crippen molar-refractivity contribution in [3.8, 4) is 5.75 Å². The standard InChI is InChI=1S/C11H12BrFO3/c1-2-5-15-11(14)7-16-10-4-3-8(13)6-9(10)12/h3-4,6H,2,5,7H2,1H3. The first kappa shape index (κ1) is 13.0. The van der Waals surface area contributed by atoms with E-state index in [1.54, 1.807) is 0 Å². The van der Waals surface area contributed by atoms with Gasteiger partial charge in [0.1, 0.15) is 11.6 Å². The molecule has 5 heteroatoms. The monoisotopic (exact) mass is 290 g/mol. The second kappa shape index (κ2) is 6.48. The normalized spacial score (nSPS) is 9.94. The molecule has 16 heavy (non-hydrogen) atoms. The van der Waals surface area contributed by atoms with E-state index in [-0.39, 0.29) is 12.4 Å². The van der Waals surface area contributed by atoms with Gasteiger partial charge in [-0.25, -0.2) is 9.18 Å². The van der Waals surface area contributed by atoms with Gasteiger partial charge in [-0.2, -0.15) is 0 Å². The van der Waals surface area contributed by atoms with Crippen LogP contribution in [0.15, 0.2) is 22.7 Å². The van der Waals surface area contributed by atoms with Crippen molar-refractivity contribution in [2.75, 3.05) is 13.2 Å². The van der Waals surface area contributed by atoms with Crippen LogP contribution in [-0.2, 0) is 9.53 Å². The molecule has 1 aromatic carbocycles. The van der Waals surface area contributed by atoms with Crippen molar-refractivity contribution < 1.29 is 18.7 Å². The molecule has 3 nitrogen and oxygen atoms in total. The van der Waals surface area contributed by atoms with E-state index in [9.17, 15) is 9.18 Å².